The van der Waals surface area contributed by atoms with E-state index in [1.807, 2.05) is 6.07 Å². The molecule has 0 aromatic carbocycles. The van der Waals surface area contributed by atoms with Crippen molar-refractivity contribution in [2.45, 2.75) is 18.9 Å². The maximum atomic E-state index is 5.76. The molecule has 2 nitrogen and oxygen atoms in total. The van der Waals surface area contributed by atoms with Crippen LogP contribution in [0, 0.1) is 3.57 Å². The fourth-order valence-corrected chi connectivity index (χ4v) is 1.40. The van der Waals surface area contributed by atoms with Crippen LogP contribution in [0.3, 0.4) is 0 Å². The second-order valence-corrected chi connectivity index (χ2v) is 4.28. The minimum absolute atomic E-state index is 0.420. The quantitative estimate of drug-likeness (QED) is 0.618. The summed E-state index contributed by atoms with van der Waals surface area (Å²) in [6.07, 6.45) is 4.42. The SMILES string of the molecule is Clc1ncc(OC2CC2)cc1I. The molecule has 4 heteroatoms. The molecule has 0 spiro atoms. The molecule has 1 aromatic rings. The van der Waals surface area contributed by atoms with Gasteiger partial charge in [0.05, 0.1) is 15.9 Å². The van der Waals surface area contributed by atoms with Crippen molar-refractivity contribution in [1.82, 2.24) is 4.98 Å². The van der Waals surface area contributed by atoms with Crippen LogP contribution in [0.15, 0.2) is 12.3 Å². The van der Waals surface area contributed by atoms with Gasteiger partial charge in [-0.25, -0.2) is 4.98 Å². The third-order valence-corrected chi connectivity index (χ3v) is 3.04. The summed E-state index contributed by atoms with van der Waals surface area (Å²) in [6.45, 7) is 0. The molecular weight excluding hydrogens is 288 g/mol. The van der Waals surface area contributed by atoms with Crippen LogP contribution < -0.4 is 4.74 Å². The number of halogens is 2. The summed E-state index contributed by atoms with van der Waals surface area (Å²) < 4.78 is 6.47. The summed E-state index contributed by atoms with van der Waals surface area (Å²) in [6, 6.07) is 1.91. The largest absolute Gasteiger partial charge is 0.489 e. The van der Waals surface area contributed by atoms with Crippen LogP contribution in [-0.2, 0) is 0 Å². The average Bonchev–Trinajstić information content (AvgIpc) is 2.81. The molecule has 12 heavy (non-hydrogen) atoms. The van der Waals surface area contributed by atoms with Gasteiger partial charge in [0.2, 0.25) is 0 Å². The zero-order valence-corrected chi connectivity index (χ0v) is 9.17. The molecule has 0 amide bonds. The van der Waals surface area contributed by atoms with E-state index in [4.69, 9.17) is 16.3 Å². The zero-order chi connectivity index (χ0) is 8.55. The highest BCUT2D eigenvalue weighted by molar-refractivity contribution is 14.1. The van der Waals surface area contributed by atoms with E-state index in [-0.39, 0.29) is 0 Å². The molecular formula is C8H7ClINO. The Kier molecular flexibility index (Phi) is 2.41. The van der Waals surface area contributed by atoms with Crippen molar-refractivity contribution >= 4 is 34.2 Å². The van der Waals surface area contributed by atoms with Gasteiger partial charge in [-0.15, -0.1) is 0 Å². The minimum Gasteiger partial charge on any atom is -0.489 e. The molecule has 0 saturated heterocycles. The predicted molar refractivity (Wildman–Crippen MR) is 55.6 cm³/mol. The summed E-state index contributed by atoms with van der Waals surface area (Å²) in [7, 11) is 0. The molecule has 0 atom stereocenters. The lowest BCUT2D eigenvalue weighted by molar-refractivity contribution is 0.302. The molecule has 1 heterocycles. The van der Waals surface area contributed by atoms with Gasteiger partial charge in [-0.1, -0.05) is 11.6 Å². The average molecular weight is 296 g/mol. The number of rotatable bonds is 2. The van der Waals surface area contributed by atoms with Crippen LogP contribution in [0.2, 0.25) is 5.15 Å². The third-order valence-electron chi connectivity index (χ3n) is 1.60. The summed E-state index contributed by atoms with van der Waals surface area (Å²) in [5.74, 6) is 0.825. The third kappa shape index (κ3) is 2.01. The maximum absolute atomic E-state index is 5.76. The minimum atomic E-state index is 0.420. The molecule has 0 N–H and O–H groups in total. The first-order chi connectivity index (χ1) is 5.75. The zero-order valence-electron chi connectivity index (χ0n) is 6.26. The number of aromatic nitrogens is 1. The highest BCUT2D eigenvalue weighted by atomic mass is 127. The second-order valence-electron chi connectivity index (χ2n) is 2.76. The van der Waals surface area contributed by atoms with E-state index >= 15 is 0 Å². The van der Waals surface area contributed by atoms with Crippen LogP contribution in [0.25, 0.3) is 0 Å². The molecule has 0 bridgehead atoms. The summed E-state index contributed by atoms with van der Waals surface area (Å²) >= 11 is 7.90. The first-order valence-corrected chi connectivity index (χ1v) is 5.19. The van der Waals surface area contributed by atoms with E-state index < -0.39 is 0 Å². The highest BCUT2D eigenvalue weighted by Crippen LogP contribution is 2.28. The van der Waals surface area contributed by atoms with Crippen LogP contribution in [0.4, 0.5) is 0 Å². The number of hydrogen-bond donors (Lipinski definition) is 0. The Labute approximate surface area is 89.4 Å². The van der Waals surface area contributed by atoms with Crippen LogP contribution in [-0.4, -0.2) is 11.1 Å². The molecule has 64 valence electrons. The lowest BCUT2D eigenvalue weighted by atomic mass is 10.5. The Bertz CT molecular complexity index is 301. The molecule has 2 rings (SSSR count). The van der Waals surface area contributed by atoms with E-state index in [1.165, 1.54) is 12.8 Å². The Morgan fingerprint density at radius 3 is 2.92 bits per heavy atom. The Morgan fingerprint density at radius 2 is 2.33 bits per heavy atom. The smallest absolute Gasteiger partial charge is 0.142 e. The molecule has 1 fully saturated rings. The van der Waals surface area contributed by atoms with Gasteiger partial charge in [-0.2, -0.15) is 0 Å². The number of nitrogens with zero attached hydrogens (tertiary/aromatic N) is 1. The lowest BCUT2D eigenvalue weighted by Gasteiger charge is -2.03. The summed E-state index contributed by atoms with van der Waals surface area (Å²) in [5.41, 5.74) is 0. The number of ether oxygens (including phenoxy) is 1. The van der Waals surface area contributed by atoms with E-state index in [9.17, 15) is 0 Å². The fourth-order valence-electron chi connectivity index (χ4n) is 0.846. The van der Waals surface area contributed by atoms with Gasteiger partial charge in [0.15, 0.2) is 0 Å². The summed E-state index contributed by atoms with van der Waals surface area (Å²) in [5, 5.41) is 0.541. The number of pyridine rings is 1. The molecule has 1 aliphatic rings. The molecule has 1 saturated carbocycles. The van der Waals surface area contributed by atoms with Gasteiger partial charge in [-0.05, 0) is 41.5 Å². The van der Waals surface area contributed by atoms with Crippen molar-refractivity contribution in [3.63, 3.8) is 0 Å². The van der Waals surface area contributed by atoms with Crippen LogP contribution in [0.5, 0.6) is 5.75 Å². The summed E-state index contributed by atoms with van der Waals surface area (Å²) in [4.78, 5) is 3.99. The lowest BCUT2D eigenvalue weighted by Crippen LogP contribution is -1.96. The van der Waals surface area contributed by atoms with Crippen LogP contribution in [0.1, 0.15) is 12.8 Å². The van der Waals surface area contributed by atoms with Gasteiger partial charge in [0.25, 0.3) is 0 Å². The van der Waals surface area contributed by atoms with Crippen molar-refractivity contribution < 1.29 is 4.74 Å². The van der Waals surface area contributed by atoms with E-state index in [1.54, 1.807) is 6.20 Å². The Morgan fingerprint density at radius 1 is 1.58 bits per heavy atom. The molecule has 1 aromatic heterocycles. The first kappa shape index (κ1) is 8.56. The van der Waals surface area contributed by atoms with Gasteiger partial charge in [0, 0.05) is 0 Å². The maximum Gasteiger partial charge on any atom is 0.142 e. The van der Waals surface area contributed by atoms with Crippen LogP contribution >= 0.6 is 34.2 Å². The Balaban J connectivity index is 2.15. The topological polar surface area (TPSA) is 22.1 Å². The number of hydrogen-bond acceptors (Lipinski definition) is 2. The monoisotopic (exact) mass is 295 g/mol. The van der Waals surface area contributed by atoms with Gasteiger partial charge in [-0.3, -0.25) is 0 Å². The normalized spacial score (nSPS) is 16.2. The van der Waals surface area contributed by atoms with Gasteiger partial charge in [0.1, 0.15) is 10.9 Å². The van der Waals surface area contributed by atoms with Gasteiger partial charge < -0.3 is 4.74 Å². The Hall–Kier alpha value is -0.0300. The highest BCUT2D eigenvalue weighted by Gasteiger charge is 2.23. The molecule has 0 radical (unpaired) electrons. The van der Waals surface area contributed by atoms with Crippen molar-refractivity contribution in [1.29, 1.82) is 0 Å². The van der Waals surface area contributed by atoms with Crippen molar-refractivity contribution in [2.75, 3.05) is 0 Å². The first-order valence-electron chi connectivity index (χ1n) is 3.73. The van der Waals surface area contributed by atoms with E-state index in [0.717, 1.165) is 9.32 Å². The molecule has 0 unspecified atom stereocenters. The molecule has 0 aliphatic heterocycles. The van der Waals surface area contributed by atoms with Crippen molar-refractivity contribution in [3.8, 4) is 5.75 Å². The second kappa shape index (κ2) is 3.38. The molecule has 1 aliphatic carbocycles. The van der Waals surface area contributed by atoms with E-state index in [0.29, 0.717) is 11.3 Å². The van der Waals surface area contributed by atoms with Crippen molar-refractivity contribution in [3.05, 3.63) is 21.0 Å². The fraction of sp³-hybridized carbons (Fsp3) is 0.375. The predicted octanol–water partition coefficient (Wildman–Crippen LogP) is 2.88. The van der Waals surface area contributed by atoms with Gasteiger partial charge >= 0.3 is 0 Å². The standard InChI is InChI=1S/C8H7ClINO/c9-8-7(10)3-6(4-11-8)12-5-1-2-5/h3-5H,1-2H2. The van der Waals surface area contributed by atoms with Crippen molar-refractivity contribution in [2.24, 2.45) is 0 Å². The van der Waals surface area contributed by atoms with E-state index in [2.05, 4.69) is 27.6 Å².